The summed E-state index contributed by atoms with van der Waals surface area (Å²) in [4.78, 5) is 4.56. The van der Waals surface area contributed by atoms with Gasteiger partial charge in [0, 0.05) is 20.2 Å². The molecule has 0 bridgehead atoms. The Bertz CT molecular complexity index is 457. The first kappa shape index (κ1) is 14.0. The van der Waals surface area contributed by atoms with Gasteiger partial charge in [-0.1, -0.05) is 18.2 Å². The van der Waals surface area contributed by atoms with Gasteiger partial charge in [-0.3, -0.25) is 4.99 Å². The number of hydrogen-bond acceptors (Lipinski definition) is 4. The van der Waals surface area contributed by atoms with Crippen molar-refractivity contribution in [1.29, 1.82) is 0 Å². The molecule has 0 aliphatic carbocycles. The van der Waals surface area contributed by atoms with E-state index in [-0.39, 0.29) is 6.04 Å². The van der Waals surface area contributed by atoms with E-state index in [1.165, 1.54) is 16.7 Å². The minimum absolute atomic E-state index is 0.137. The number of rotatable bonds is 6. The zero-order chi connectivity index (χ0) is 13.7. The van der Waals surface area contributed by atoms with Crippen LogP contribution in [0.1, 0.15) is 22.7 Å². The summed E-state index contributed by atoms with van der Waals surface area (Å²) >= 11 is 0. The molecule has 0 radical (unpaired) electrons. The second-order valence-electron chi connectivity index (χ2n) is 4.86. The van der Waals surface area contributed by atoms with Crippen molar-refractivity contribution in [2.45, 2.75) is 19.9 Å². The van der Waals surface area contributed by atoms with Gasteiger partial charge in [-0.2, -0.15) is 0 Å². The number of aryl methyl sites for hydroxylation is 1. The van der Waals surface area contributed by atoms with E-state index < -0.39 is 0 Å². The third kappa shape index (κ3) is 3.33. The summed E-state index contributed by atoms with van der Waals surface area (Å²) in [6.07, 6.45) is 0. The number of nitrogens with zero attached hydrogens (tertiary/aromatic N) is 1. The van der Waals surface area contributed by atoms with Crippen molar-refractivity contribution in [3.8, 4) is 0 Å². The van der Waals surface area contributed by atoms with Gasteiger partial charge in [-0.15, -0.1) is 0 Å². The van der Waals surface area contributed by atoms with Crippen LogP contribution in [0.3, 0.4) is 0 Å². The Balaban J connectivity index is 2.23. The van der Waals surface area contributed by atoms with E-state index in [1.54, 1.807) is 7.11 Å². The fraction of sp³-hybridized carbons (Fsp3) is 0.533. The van der Waals surface area contributed by atoms with E-state index in [0.29, 0.717) is 6.61 Å². The summed E-state index contributed by atoms with van der Waals surface area (Å²) in [5, 5.41) is 6.90. The van der Waals surface area contributed by atoms with Crippen LogP contribution in [-0.4, -0.2) is 39.2 Å². The Labute approximate surface area is 115 Å². The molecule has 4 nitrogen and oxygen atoms in total. The molecule has 1 aliphatic heterocycles. The topological polar surface area (TPSA) is 45.6 Å². The normalized spacial score (nSPS) is 16.1. The van der Waals surface area contributed by atoms with Gasteiger partial charge >= 0.3 is 0 Å². The number of nitrogens with one attached hydrogen (secondary N) is 2. The third-order valence-corrected chi connectivity index (χ3v) is 3.59. The number of ether oxygens (including phenoxy) is 1. The zero-order valence-corrected chi connectivity index (χ0v) is 12.0. The van der Waals surface area contributed by atoms with Gasteiger partial charge in [0.1, 0.15) is 5.84 Å². The van der Waals surface area contributed by atoms with Crippen molar-refractivity contribution < 1.29 is 4.74 Å². The summed E-state index contributed by atoms with van der Waals surface area (Å²) in [6.45, 7) is 7.63. The second kappa shape index (κ2) is 6.68. The van der Waals surface area contributed by atoms with Gasteiger partial charge in [0.15, 0.2) is 0 Å². The van der Waals surface area contributed by atoms with Crippen LogP contribution < -0.4 is 10.6 Å². The number of hydrogen-bond donors (Lipinski definition) is 2. The number of methoxy groups -OCH3 is 1. The predicted molar refractivity (Wildman–Crippen MR) is 78.8 cm³/mol. The van der Waals surface area contributed by atoms with Crippen LogP contribution in [0.25, 0.3) is 0 Å². The predicted octanol–water partition coefficient (Wildman–Crippen LogP) is 1.58. The zero-order valence-electron chi connectivity index (χ0n) is 12.0. The highest BCUT2D eigenvalue weighted by Gasteiger charge is 2.21. The largest absolute Gasteiger partial charge is 0.383 e. The SMILES string of the molecule is COCCNC(C1=NCCN1)c1cccc(C)c1C. The highest BCUT2D eigenvalue weighted by Crippen LogP contribution is 2.22. The minimum atomic E-state index is 0.137. The molecule has 1 aliphatic rings. The van der Waals surface area contributed by atoms with Crippen LogP contribution in [0.5, 0.6) is 0 Å². The Morgan fingerprint density at radius 2 is 2.26 bits per heavy atom. The molecule has 1 atom stereocenters. The molecule has 1 unspecified atom stereocenters. The van der Waals surface area contributed by atoms with E-state index in [2.05, 4.69) is 47.7 Å². The lowest BCUT2D eigenvalue weighted by Crippen LogP contribution is -2.37. The maximum atomic E-state index is 5.12. The third-order valence-electron chi connectivity index (χ3n) is 3.59. The molecule has 4 heteroatoms. The fourth-order valence-corrected chi connectivity index (χ4v) is 2.36. The van der Waals surface area contributed by atoms with E-state index in [4.69, 9.17) is 4.74 Å². The second-order valence-corrected chi connectivity index (χ2v) is 4.86. The van der Waals surface area contributed by atoms with Gasteiger partial charge in [-0.25, -0.2) is 0 Å². The molecule has 0 fully saturated rings. The maximum absolute atomic E-state index is 5.12. The van der Waals surface area contributed by atoms with Gasteiger partial charge in [-0.05, 0) is 30.5 Å². The first-order chi connectivity index (χ1) is 9.24. The standard InChI is InChI=1S/C15H23N3O/c1-11-5-4-6-13(12(11)2)14(16-9-10-19-3)15-17-7-8-18-15/h4-6,14,16H,7-10H2,1-3H3,(H,17,18). The molecule has 0 spiro atoms. The van der Waals surface area contributed by atoms with Crippen LogP contribution >= 0.6 is 0 Å². The molecular weight excluding hydrogens is 238 g/mol. The molecule has 0 saturated carbocycles. The molecule has 1 aromatic rings. The van der Waals surface area contributed by atoms with Crippen molar-refractivity contribution in [1.82, 2.24) is 10.6 Å². The molecule has 0 aromatic heterocycles. The van der Waals surface area contributed by atoms with E-state index in [1.807, 2.05) is 0 Å². The first-order valence-corrected chi connectivity index (χ1v) is 6.80. The molecule has 0 amide bonds. The summed E-state index contributed by atoms with van der Waals surface area (Å²) in [6, 6.07) is 6.57. The molecule has 0 saturated heterocycles. The molecular formula is C15H23N3O. The molecule has 104 valence electrons. The highest BCUT2D eigenvalue weighted by molar-refractivity contribution is 5.90. The first-order valence-electron chi connectivity index (χ1n) is 6.80. The lowest BCUT2D eigenvalue weighted by atomic mass is 9.96. The van der Waals surface area contributed by atoms with E-state index in [9.17, 15) is 0 Å². The van der Waals surface area contributed by atoms with Crippen LogP contribution in [0.15, 0.2) is 23.2 Å². The molecule has 1 heterocycles. The van der Waals surface area contributed by atoms with Gasteiger partial charge < -0.3 is 15.4 Å². The van der Waals surface area contributed by atoms with Crippen molar-refractivity contribution in [2.75, 3.05) is 33.4 Å². The lowest BCUT2D eigenvalue weighted by molar-refractivity contribution is 0.198. The summed E-state index contributed by atoms with van der Waals surface area (Å²) < 4.78 is 5.12. The summed E-state index contributed by atoms with van der Waals surface area (Å²) in [7, 11) is 1.72. The molecule has 19 heavy (non-hydrogen) atoms. The van der Waals surface area contributed by atoms with Crippen molar-refractivity contribution in [2.24, 2.45) is 4.99 Å². The Morgan fingerprint density at radius 3 is 2.95 bits per heavy atom. The lowest BCUT2D eigenvalue weighted by Gasteiger charge is -2.22. The molecule has 2 N–H and O–H groups in total. The minimum Gasteiger partial charge on any atom is -0.383 e. The average molecular weight is 261 g/mol. The Morgan fingerprint density at radius 1 is 1.42 bits per heavy atom. The van der Waals surface area contributed by atoms with Crippen LogP contribution in [0, 0.1) is 13.8 Å². The van der Waals surface area contributed by atoms with E-state index in [0.717, 1.165) is 25.5 Å². The highest BCUT2D eigenvalue weighted by atomic mass is 16.5. The quantitative estimate of drug-likeness (QED) is 0.764. The number of amidine groups is 1. The maximum Gasteiger partial charge on any atom is 0.118 e. The van der Waals surface area contributed by atoms with Crippen LogP contribution in [-0.2, 0) is 4.74 Å². The Kier molecular flexibility index (Phi) is 4.93. The summed E-state index contributed by atoms with van der Waals surface area (Å²) in [5.74, 6) is 1.05. The summed E-state index contributed by atoms with van der Waals surface area (Å²) in [5.41, 5.74) is 3.94. The van der Waals surface area contributed by atoms with Crippen LogP contribution in [0.4, 0.5) is 0 Å². The number of aliphatic imine (C=N–C) groups is 1. The van der Waals surface area contributed by atoms with Gasteiger partial charge in [0.25, 0.3) is 0 Å². The average Bonchev–Trinajstić information content (AvgIpc) is 2.92. The fourth-order valence-electron chi connectivity index (χ4n) is 2.36. The van der Waals surface area contributed by atoms with Crippen molar-refractivity contribution >= 4 is 5.84 Å². The van der Waals surface area contributed by atoms with Gasteiger partial charge in [0.05, 0.1) is 19.2 Å². The van der Waals surface area contributed by atoms with Crippen molar-refractivity contribution in [3.05, 3.63) is 34.9 Å². The van der Waals surface area contributed by atoms with Crippen LogP contribution in [0.2, 0.25) is 0 Å². The van der Waals surface area contributed by atoms with Crippen molar-refractivity contribution in [3.63, 3.8) is 0 Å². The van der Waals surface area contributed by atoms with Gasteiger partial charge in [0.2, 0.25) is 0 Å². The Hall–Kier alpha value is -1.39. The number of benzene rings is 1. The molecule has 2 rings (SSSR count). The smallest absolute Gasteiger partial charge is 0.118 e. The molecule has 1 aromatic carbocycles. The van der Waals surface area contributed by atoms with E-state index >= 15 is 0 Å². The monoisotopic (exact) mass is 261 g/mol.